The molecule has 0 N–H and O–H groups in total. The molecule has 0 fully saturated rings. The molecule has 19 heavy (non-hydrogen) atoms. The summed E-state index contributed by atoms with van der Waals surface area (Å²) in [6.45, 7) is 6.01. The summed E-state index contributed by atoms with van der Waals surface area (Å²) in [4.78, 5) is 3.44. The first-order valence-electron chi connectivity index (χ1n) is 6.52. The lowest BCUT2D eigenvalue weighted by Gasteiger charge is -2.20. The van der Waals surface area contributed by atoms with Crippen LogP contribution in [0, 0.1) is 11.3 Å². The molecule has 2 rings (SSSR count). The number of likely N-dealkylation sites (N-methyl/N-ethyl adjacent to an activating group) is 1. The van der Waals surface area contributed by atoms with Crippen molar-refractivity contribution in [3.05, 3.63) is 28.3 Å². The van der Waals surface area contributed by atoms with Crippen molar-refractivity contribution in [2.24, 2.45) is 0 Å². The van der Waals surface area contributed by atoms with Gasteiger partial charge in [-0.15, -0.1) is 11.8 Å². The fourth-order valence-electron chi connectivity index (χ4n) is 2.26. The topological polar surface area (TPSA) is 27.0 Å². The van der Waals surface area contributed by atoms with Crippen LogP contribution in [0.25, 0.3) is 0 Å². The van der Waals surface area contributed by atoms with Crippen molar-refractivity contribution in [1.82, 2.24) is 4.90 Å². The van der Waals surface area contributed by atoms with Crippen LogP contribution in [0.1, 0.15) is 25.0 Å². The summed E-state index contributed by atoms with van der Waals surface area (Å²) >= 11 is 7.96. The first-order chi connectivity index (χ1) is 8.93. The average Bonchev–Trinajstić information content (AvgIpc) is 2.55. The Morgan fingerprint density at radius 2 is 2.00 bits per heavy atom. The van der Waals surface area contributed by atoms with Crippen LogP contribution in [0.3, 0.4) is 0 Å². The van der Waals surface area contributed by atoms with Crippen LogP contribution >= 0.6 is 23.4 Å². The minimum atomic E-state index is -0.447. The number of halogens is 1. The summed E-state index contributed by atoms with van der Waals surface area (Å²) < 4.78 is -0.447. The highest BCUT2D eigenvalue weighted by atomic mass is 35.5. The second-order valence-electron chi connectivity index (χ2n) is 5.54. The van der Waals surface area contributed by atoms with E-state index in [9.17, 15) is 5.26 Å². The van der Waals surface area contributed by atoms with Crippen LogP contribution in [0.5, 0.6) is 0 Å². The molecule has 4 heteroatoms. The van der Waals surface area contributed by atoms with Gasteiger partial charge >= 0.3 is 0 Å². The summed E-state index contributed by atoms with van der Waals surface area (Å²) in [5.41, 5.74) is 2.72. The van der Waals surface area contributed by atoms with E-state index in [0.29, 0.717) is 0 Å². The first kappa shape index (κ1) is 14.7. The minimum Gasteiger partial charge on any atom is -0.306 e. The molecule has 0 saturated heterocycles. The number of fused-ring (bicyclic) bond motifs is 1. The fourth-order valence-corrected chi connectivity index (χ4v) is 3.63. The lowest BCUT2D eigenvalue weighted by Crippen LogP contribution is -2.20. The van der Waals surface area contributed by atoms with Gasteiger partial charge in [-0.25, -0.2) is 0 Å². The van der Waals surface area contributed by atoms with Crippen LogP contribution in [0.4, 0.5) is 0 Å². The lowest BCUT2D eigenvalue weighted by molar-refractivity contribution is 0.352. The van der Waals surface area contributed by atoms with E-state index >= 15 is 0 Å². The minimum absolute atomic E-state index is 0.447. The summed E-state index contributed by atoms with van der Waals surface area (Å²) in [6.07, 6.45) is 2.07. The predicted molar refractivity (Wildman–Crippen MR) is 81.9 cm³/mol. The van der Waals surface area contributed by atoms with Crippen molar-refractivity contribution < 1.29 is 0 Å². The average molecular weight is 295 g/mol. The molecule has 0 radical (unpaired) electrons. The van der Waals surface area contributed by atoms with E-state index in [-0.39, 0.29) is 0 Å². The van der Waals surface area contributed by atoms with Crippen molar-refractivity contribution in [1.29, 1.82) is 5.26 Å². The maximum Gasteiger partial charge on any atom is 0.101 e. The molecule has 1 heterocycles. The van der Waals surface area contributed by atoms with Gasteiger partial charge in [-0.3, -0.25) is 0 Å². The van der Waals surface area contributed by atoms with Gasteiger partial charge in [0.25, 0.3) is 0 Å². The smallest absolute Gasteiger partial charge is 0.101 e. The van der Waals surface area contributed by atoms with E-state index in [1.807, 2.05) is 19.9 Å². The van der Waals surface area contributed by atoms with Crippen LogP contribution in [0.15, 0.2) is 17.0 Å². The molecule has 102 valence electrons. The summed E-state index contributed by atoms with van der Waals surface area (Å²) in [5, 5.41) is 10.0. The molecule has 0 aromatic heterocycles. The van der Waals surface area contributed by atoms with Crippen molar-refractivity contribution in [3.63, 3.8) is 0 Å². The van der Waals surface area contributed by atoms with Crippen LogP contribution < -0.4 is 0 Å². The fraction of sp³-hybridized carbons (Fsp3) is 0.533. The molecule has 0 spiro atoms. The van der Waals surface area contributed by atoms with Gasteiger partial charge < -0.3 is 4.90 Å². The SMILES string of the molecule is CN1CCc2ccc(Cl)c(SC(C)(C)C#N)c2CC1. The van der Waals surface area contributed by atoms with Crippen molar-refractivity contribution >= 4 is 23.4 Å². The van der Waals surface area contributed by atoms with Gasteiger partial charge in [0, 0.05) is 18.0 Å². The van der Waals surface area contributed by atoms with E-state index < -0.39 is 4.75 Å². The molecule has 0 aliphatic carbocycles. The highest BCUT2D eigenvalue weighted by Gasteiger charge is 2.24. The lowest BCUT2D eigenvalue weighted by atomic mass is 10.0. The second-order valence-corrected chi connectivity index (χ2v) is 7.58. The zero-order valence-electron chi connectivity index (χ0n) is 11.7. The normalized spacial score (nSPS) is 16.6. The van der Waals surface area contributed by atoms with E-state index in [1.165, 1.54) is 11.1 Å². The number of nitriles is 1. The Morgan fingerprint density at radius 3 is 2.68 bits per heavy atom. The number of benzene rings is 1. The molecule has 1 aromatic rings. The molecule has 0 amide bonds. The summed E-state index contributed by atoms with van der Waals surface area (Å²) in [5.74, 6) is 0. The highest BCUT2D eigenvalue weighted by molar-refractivity contribution is 8.01. The number of hydrogen-bond donors (Lipinski definition) is 0. The molecule has 0 unspecified atom stereocenters. The molecule has 1 aliphatic heterocycles. The monoisotopic (exact) mass is 294 g/mol. The Balaban J connectivity index is 2.41. The third-order valence-electron chi connectivity index (χ3n) is 3.44. The molecule has 1 aliphatic rings. The molecule has 2 nitrogen and oxygen atoms in total. The molecule has 1 aromatic carbocycles. The van der Waals surface area contributed by atoms with Crippen molar-refractivity contribution in [3.8, 4) is 6.07 Å². The Kier molecular flexibility index (Phi) is 4.45. The van der Waals surface area contributed by atoms with E-state index in [1.54, 1.807) is 11.8 Å². The quantitative estimate of drug-likeness (QED) is 0.777. The van der Waals surface area contributed by atoms with Crippen LogP contribution in [0.2, 0.25) is 5.02 Å². The number of thioether (sulfide) groups is 1. The second kappa shape index (κ2) is 5.75. The zero-order valence-corrected chi connectivity index (χ0v) is 13.2. The first-order valence-corrected chi connectivity index (χ1v) is 7.71. The van der Waals surface area contributed by atoms with E-state index in [0.717, 1.165) is 35.8 Å². The standard InChI is InChI=1S/C15H19ClN2S/c1-15(2,10-17)19-14-12-7-9-18(3)8-6-11(12)4-5-13(14)16/h4-5H,6-9H2,1-3H3. The van der Waals surface area contributed by atoms with Gasteiger partial charge in [-0.2, -0.15) is 5.26 Å². The molecular weight excluding hydrogens is 276 g/mol. The largest absolute Gasteiger partial charge is 0.306 e. The molecule has 0 atom stereocenters. The molecule has 0 bridgehead atoms. The molecular formula is C15H19ClN2S. The number of nitrogens with zero attached hydrogens (tertiary/aromatic N) is 2. The Labute approximate surface area is 124 Å². The maximum atomic E-state index is 9.23. The van der Waals surface area contributed by atoms with Crippen LogP contribution in [-0.2, 0) is 12.8 Å². The van der Waals surface area contributed by atoms with Gasteiger partial charge in [0.15, 0.2) is 0 Å². The number of hydrogen-bond acceptors (Lipinski definition) is 3. The van der Waals surface area contributed by atoms with Crippen molar-refractivity contribution in [2.75, 3.05) is 20.1 Å². The summed E-state index contributed by atoms with van der Waals surface area (Å²) in [7, 11) is 2.15. The van der Waals surface area contributed by atoms with Gasteiger partial charge in [-0.05, 0) is 50.9 Å². The van der Waals surface area contributed by atoms with E-state index in [4.69, 9.17) is 11.6 Å². The third kappa shape index (κ3) is 3.45. The van der Waals surface area contributed by atoms with Gasteiger partial charge in [0.2, 0.25) is 0 Å². The maximum absolute atomic E-state index is 9.23. The zero-order chi connectivity index (χ0) is 14.0. The van der Waals surface area contributed by atoms with Gasteiger partial charge in [-0.1, -0.05) is 17.7 Å². The van der Waals surface area contributed by atoms with Gasteiger partial charge in [0.1, 0.15) is 4.75 Å². The number of rotatable bonds is 2. The predicted octanol–water partition coefficient (Wildman–Crippen LogP) is 3.76. The highest BCUT2D eigenvalue weighted by Crippen LogP contribution is 2.40. The Bertz CT molecular complexity index is 520. The van der Waals surface area contributed by atoms with Gasteiger partial charge in [0.05, 0.1) is 11.1 Å². The molecule has 0 saturated carbocycles. The summed E-state index contributed by atoms with van der Waals surface area (Å²) in [6, 6.07) is 6.45. The Morgan fingerprint density at radius 1 is 1.32 bits per heavy atom. The third-order valence-corrected chi connectivity index (χ3v) is 5.14. The van der Waals surface area contributed by atoms with Crippen LogP contribution in [-0.4, -0.2) is 29.8 Å². The Hall–Kier alpha value is -0.690. The van der Waals surface area contributed by atoms with Crippen molar-refractivity contribution in [2.45, 2.75) is 36.3 Å². The van der Waals surface area contributed by atoms with E-state index in [2.05, 4.69) is 24.1 Å².